The number of benzene rings is 2. The largest absolute Gasteiger partial charge is 0.457 e. The Labute approximate surface area is 162 Å². The summed E-state index contributed by atoms with van der Waals surface area (Å²) in [4.78, 5) is 14.2. The fourth-order valence-corrected chi connectivity index (χ4v) is 5.14. The quantitative estimate of drug-likeness (QED) is 0.654. The summed E-state index contributed by atoms with van der Waals surface area (Å²) in [6, 6.07) is 17.6. The highest BCUT2D eigenvalue weighted by atomic mass is 32.1. The van der Waals surface area contributed by atoms with Crippen LogP contribution in [0.15, 0.2) is 54.6 Å². The lowest BCUT2D eigenvalue weighted by Gasteiger charge is -2.27. The Hall–Kier alpha value is -2.79. The lowest BCUT2D eigenvalue weighted by Crippen LogP contribution is -2.38. The van der Waals surface area contributed by atoms with Crippen molar-refractivity contribution in [3.8, 4) is 11.5 Å². The van der Waals surface area contributed by atoms with Gasteiger partial charge in [-0.05, 0) is 61.1 Å². The Morgan fingerprint density at radius 3 is 2.63 bits per heavy atom. The number of ether oxygens (including phenoxy) is 1. The van der Waals surface area contributed by atoms with Crippen LogP contribution in [-0.4, -0.2) is 5.91 Å². The summed E-state index contributed by atoms with van der Waals surface area (Å²) in [7, 11) is 0. The average molecular weight is 376 g/mol. The van der Waals surface area contributed by atoms with Crippen molar-refractivity contribution in [3.05, 3.63) is 76.2 Å². The molecule has 0 saturated carbocycles. The number of hydrogen-bond acceptors (Lipinski definition) is 4. The molecule has 2 heterocycles. The zero-order chi connectivity index (χ0) is 18.2. The first kappa shape index (κ1) is 16.4. The topological polar surface area (TPSA) is 50.4 Å². The van der Waals surface area contributed by atoms with Gasteiger partial charge in [-0.3, -0.25) is 4.79 Å². The van der Waals surface area contributed by atoms with E-state index in [0.29, 0.717) is 0 Å². The second-order valence-corrected chi connectivity index (χ2v) is 8.06. The van der Waals surface area contributed by atoms with Gasteiger partial charge in [0.1, 0.15) is 22.7 Å². The minimum Gasteiger partial charge on any atom is -0.457 e. The molecule has 2 aromatic carbocycles. The zero-order valence-corrected chi connectivity index (χ0v) is 15.6. The van der Waals surface area contributed by atoms with Crippen LogP contribution in [0, 0.1) is 0 Å². The summed E-state index contributed by atoms with van der Waals surface area (Å²) >= 11 is 1.74. The predicted molar refractivity (Wildman–Crippen MR) is 108 cm³/mol. The van der Waals surface area contributed by atoms with Gasteiger partial charge >= 0.3 is 0 Å². The van der Waals surface area contributed by atoms with Crippen LogP contribution in [0.5, 0.6) is 11.5 Å². The fourth-order valence-electron chi connectivity index (χ4n) is 3.83. The maximum atomic E-state index is 12.8. The molecule has 136 valence electrons. The summed E-state index contributed by atoms with van der Waals surface area (Å²) in [5.41, 5.74) is 3.10. The second kappa shape index (κ2) is 6.74. The van der Waals surface area contributed by atoms with Crippen molar-refractivity contribution in [1.29, 1.82) is 0 Å². The molecule has 2 aliphatic rings. The van der Waals surface area contributed by atoms with E-state index in [1.807, 2.05) is 54.6 Å². The molecule has 4 nitrogen and oxygen atoms in total. The number of rotatable bonds is 3. The Kier molecular flexibility index (Phi) is 4.09. The summed E-state index contributed by atoms with van der Waals surface area (Å²) in [6.45, 7) is 0. The molecule has 0 saturated heterocycles. The highest BCUT2D eigenvalue weighted by Gasteiger charge is 2.32. The molecule has 0 unspecified atom stereocenters. The van der Waals surface area contributed by atoms with Crippen molar-refractivity contribution in [2.24, 2.45) is 0 Å². The van der Waals surface area contributed by atoms with Crippen LogP contribution in [0.25, 0.3) is 0 Å². The minimum atomic E-state index is -0.246. The van der Waals surface area contributed by atoms with Crippen LogP contribution in [0.4, 0.5) is 5.00 Å². The maximum absolute atomic E-state index is 12.8. The van der Waals surface area contributed by atoms with Crippen molar-refractivity contribution < 1.29 is 9.53 Å². The lowest BCUT2D eigenvalue weighted by molar-refractivity contribution is 0.0935. The van der Waals surface area contributed by atoms with Gasteiger partial charge in [0, 0.05) is 4.88 Å². The Bertz CT molecular complexity index is 997. The number of anilines is 1. The molecule has 2 N–H and O–H groups in total. The first-order valence-corrected chi connectivity index (χ1v) is 10.1. The number of carbonyl (C=O) groups excluding carboxylic acids is 1. The molecule has 5 rings (SSSR count). The van der Waals surface area contributed by atoms with E-state index in [2.05, 4.69) is 10.6 Å². The van der Waals surface area contributed by atoms with Crippen LogP contribution in [0.3, 0.4) is 0 Å². The van der Waals surface area contributed by atoms with E-state index in [0.717, 1.165) is 40.5 Å². The van der Waals surface area contributed by atoms with Gasteiger partial charge < -0.3 is 15.4 Å². The van der Waals surface area contributed by atoms with Crippen molar-refractivity contribution in [3.63, 3.8) is 0 Å². The van der Waals surface area contributed by atoms with Gasteiger partial charge in [-0.2, -0.15) is 0 Å². The molecule has 1 amide bonds. The number of amides is 1. The molecule has 3 aromatic rings. The highest BCUT2D eigenvalue weighted by Crippen LogP contribution is 2.41. The van der Waals surface area contributed by atoms with Crippen LogP contribution in [-0.2, 0) is 12.8 Å². The number of hydrogen-bond donors (Lipinski definition) is 2. The third-order valence-corrected chi connectivity index (χ3v) is 6.34. The SMILES string of the molecule is O=C1N[C@H](c2cccc(Oc3ccccc3)c2)Nc2sc3c(c21)CCCC3. The number of thiophene rings is 1. The monoisotopic (exact) mass is 376 g/mol. The van der Waals surface area contributed by atoms with Crippen molar-refractivity contribution >= 4 is 22.2 Å². The Morgan fingerprint density at radius 2 is 1.74 bits per heavy atom. The molecule has 0 spiro atoms. The molecule has 1 aromatic heterocycles. The molecule has 27 heavy (non-hydrogen) atoms. The normalized spacial score (nSPS) is 18.1. The molecular weight excluding hydrogens is 356 g/mol. The predicted octanol–water partition coefficient (Wildman–Crippen LogP) is 5.27. The first-order chi connectivity index (χ1) is 13.3. The summed E-state index contributed by atoms with van der Waals surface area (Å²) in [5.74, 6) is 1.58. The van der Waals surface area contributed by atoms with Crippen LogP contribution in [0.2, 0.25) is 0 Å². The summed E-state index contributed by atoms with van der Waals surface area (Å²) < 4.78 is 5.93. The first-order valence-electron chi connectivity index (χ1n) is 9.33. The van der Waals surface area contributed by atoms with Gasteiger partial charge in [-0.1, -0.05) is 30.3 Å². The number of para-hydroxylation sites is 1. The maximum Gasteiger partial charge on any atom is 0.256 e. The highest BCUT2D eigenvalue weighted by molar-refractivity contribution is 7.16. The standard InChI is InChI=1S/C22H20N2O2S/c25-21-19-17-11-4-5-12-18(17)27-22(19)24-20(23-21)14-7-6-10-16(13-14)26-15-8-2-1-3-9-15/h1-3,6-10,13,20,24H,4-5,11-12H2,(H,23,25)/t20-/m0/s1. The Balaban J connectivity index is 1.42. The molecule has 1 aliphatic heterocycles. The molecule has 0 radical (unpaired) electrons. The van der Waals surface area contributed by atoms with Gasteiger partial charge in [0.05, 0.1) is 5.56 Å². The zero-order valence-electron chi connectivity index (χ0n) is 14.8. The summed E-state index contributed by atoms with van der Waals surface area (Å²) in [5, 5.41) is 7.64. The van der Waals surface area contributed by atoms with E-state index in [4.69, 9.17) is 4.74 Å². The molecule has 0 bridgehead atoms. The van der Waals surface area contributed by atoms with E-state index < -0.39 is 0 Å². The lowest BCUT2D eigenvalue weighted by atomic mass is 9.94. The molecular formula is C22H20N2O2S. The van der Waals surface area contributed by atoms with E-state index in [1.165, 1.54) is 23.3 Å². The smallest absolute Gasteiger partial charge is 0.256 e. The fraction of sp³-hybridized carbons (Fsp3) is 0.227. The van der Waals surface area contributed by atoms with E-state index in [-0.39, 0.29) is 12.1 Å². The van der Waals surface area contributed by atoms with Crippen LogP contribution < -0.4 is 15.4 Å². The van der Waals surface area contributed by atoms with Crippen molar-refractivity contribution in [2.75, 3.05) is 5.32 Å². The van der Waals surface area contributed by atoms with Gasteiger partial charge in [-0.25, -0.2) is 0 Å². The van der Waals surface area contributed by atoms with Gasteiger partial charge in [-0.15, -0.1) is 11.3 Å². The average Bonchev–Trinajstić information content (AvgIpc) is 3.08. The summed E-state index contributed by atoms with van der Waals surface area (Å²) in [6.07, 6.45) is 4.25. The number of aryl methyl sites for hydroxylation is 1. The van der Waals surface area contributed by atoms with Crippen LogP contribution >= 0.6 is 11.3 Å². The molecule has 0 fully saturated rings. The van der Waals surface area contributed by atoms with Gasteiger partial charge in [0.15, 0.2) is 0 Å². The van der Waals surface area contributed by atoms with E-state index in [1.54, 1.807) is 11.3 Å². The van der Waals surface area contributed by atoms with Crippen molar-refractivity contribution in [2.45, 2.75) is 31.8 Å². The molecule has 5 heteroatoms. The van der Waals surface area contributed by atoms with Gasteiger partial charge in [0.25, 0.3) is 5.91 Å². The van der Waals surface area contributed by atoms with E-state index >= 15 is 0 Å². The third-order valence-electron chi connectivity index (χ3n) is 5.12. The number of fused-ring (bicyclic) bond motifs is 3. The molecule has 1 aliphatic carbocycles. The van der Waals surface area contributed by atoms with Crippen molar-refractivity contribution in [1.82, 2.24) is 5.32 Å². The minimum absolute atomic E-state index is 0.0301. The second-order valence-electron chi connectivity index (χ2n) is 6.95. The number of nitrogens with one attached hydrogen (secondary N) is 2. The van der Waals surface area contributed by atoms with Gasteiger partial charge in [0.2, 0.25) is 0 Å². The number of carbonyl (C=O) groups is 1. The molecule has 1 atom stereocenters. The van der Waals surface area contributed by atoms with E-state index in [9.17, 15) is 4.79 Å². The third kappa shape index (κ3) is 3.08. The van der Waals surface area contributed by atoms with Crippen LogP contribution in [0.1, 0.15) is 45.4 Å². The Morgan fingerprint density at radius 1 is 0.926 bits per heavy atom.